The Morgan fingerprint density at radius 3 is 1.93 bits per heavy atom. The van der Waals surface area contributed by atoms with Crippen molar-refractivity contribution in [3.05, 3.63) is 48.0 Å². The van der Waals surface area contributed by atoms with Gasteiger partial charge in [-0.05, 0) is 63.8 Å². The molecule has 0 fully saturated rings. The number of benzene rings is 2. The average molecular weight is 389 g/mol. The van der Waals surface area contributed by atoms with E-state index in [-0.39, 0.29) is 17.8 Å². The molecule has 0 heterocycles. The molecule has 150 valence electrons. The van der Waals surface area contributed by atoms with Crippen LogP contribution >= 0.6 is 0 Å². The summed E-state index contributed by atoms with van der Waals surface area (Å²) in [6.45, 7) is 16.9. The van der Waals surface area contributed by atoms with E-state index in [1.165, 1.54) is 16.3 Å². The summed E-state index contributed by atoms with van der Waals surface area (Å²) in [6, 6.07) is 15.6. The van der Waals surface area contributed by atoms with Crippen LogP contribution in [0.5, 0.6) is 0 Å². The molecule has 0 unspecified atom stereocenters. The second-order valence-corrected chi connectivity index (χ2v) is 11.1. The lowest BCUT2D eigenvalue weighted by atomic mass is 9.95. The van der Waals surface area contributed by atoms with Gasteiger partial charge in [-0.3, -0.25) is 0 Å². The minimum atomic E-state index is -2.98. The van der Waals surface area contributed by atoms with Crippen molar-refractivity contribution in [2.24, 2.45) is 5.92 Å². The third-order valence-electron chi connectivity index (χ3n) is 4.93. The molecule has 0 radical (unpaired) electrons. The molecule has 0 spiro atoms. The predicted octanol–water partition coefficient (Wildman–Crippen LogP) is 6.16. The molecule has 0 aliphatic heterocycles. The largest absolute Gasteiger partial charge is 0.506 e. The minimum absolute atomic E-state index is 0.0355. The van der Waals surface area contributed by atoms with Crippen molar-refractivity contribution >= 4 is 19.6 Å². The van der Waals surface area contributed by atoms with Crippen molar-refractivity contribution in [1.82, 2.24) is 0 Å². The van der Waals surface area contributed by atoms with Gasteiger partial charge in [-0.1, -0.05) is 56.3 Å². The topological polar surface area (TPSA) is 27.7 Å². The Balaban J connectivity index is 2.52. The highest BCUT2D eigenvalue weighted by atomic mass is 28.4. The highest BCUT2D eigenvalue weighted by molar-refractivity contribution is 6.60. The summed E-state index contributed by atoms with van der Waals surface area (Å²) in [4.78, 5) is 0. The Kier molecular flexibility index (Phi) is 7.25. The Morgan fingerprint density at radius 1 is 0.815 bits per heavy atom. The summed E-state index contributed by atoms with van der Waals surface area (Å²) < 4.78 is 19.7. The zero-order valence-corrected chi connectivity index (χ0v) is 19.2. The first kappa shape index (κ1) is 22.1. The first-order valence-electron chi connectivity index (χ1n) is 10.1. The molecule has 0 saturated carbocycles. The summed E-state index contributed by atoms with van der Waals surface area (Å²) in [5.41, 5.74) is 0.890. The summed E-state index contributed by atoms with van der Waals surface area (Å²) in [6.07, 6.45) is 0.0710. The quantitative estimate of drug-likeness (QED) is 0.481. The number of hydrogen-bond acceptors (Lipinski definition) is 3. The van der Waals surface area contributed by atoms with Crippen LogP contribution in [0.2, 0.25) is 0 Å². The lowest BCUT2D eigenvalue weighted by Crippen LogP contribution is -2.57. The van der Waals surface area contributed by atoms with Crippen LogP contribution in [0, 0.1) is 5.92 Å². The summed E-state index contributed by atoms with van der Waals surface area (Å²) in [7, 11) is -2.98. The molecular formula is C23H36O3Si. The van der Waals surface area contributed by atoms with E-state index in [1.54, 1.807) is 0 Å². The van der Waals surface area contributed by atoms with E-state index in [0.717, 1.165) is 0 Å². The first-order valence-corrected chi connectivity index (χ1v) is 12.0. The lowest BCUT2D eigenvalue weighted by molar-refractivity contribution is -0.0564. The fourth-order valence-electron chi connectivity index (χ4n) is 3.11. The van der Waals surface area contributed by atoms with Crippen molar-refractivity contribution in [3.63, 3.8) is 0 Å². The second-order valence-electron chi connectivity index (χ2n) is 8.69. The fourth-order valence-corrected chi connectivity index (χ4v) is 6.75. The smallest absolute Gasteiger partial charge is 0.371 e. The van der Waals surface area contributed by atoms with Gasteiger partial charge in [0, 0.05) is 18.3 Å². The third kappa shape index (κ3) is 5.88. The van der Waals surface area contributed by atoms with Crippen LogP contribution in [0.3, 0.4) is 0 Å². The van der Waals surface area contributed by atoms with Crippen molar-refractivity contribution in [1.29, 1.82) is 0 Å². The van der Waals surface area contributed by atoms with Crippen LogP contribution in [0.15, 0.2) is 42.5 Å². The van der Waals surface area contributed by atoms with Crippen molar-refractivity contribution in [2.45, 2.75) is 79.2 Å². The molecule has 0 bridgehead atoms. The molecule has 0 atom stereocenters. The Morgan fingerprint density at radius 2 is 1.37 bits per heavy atom. The summed E-state index contributed by atoms with van der Waals surface area (Å²) in [5, 5.41) is 2.47. The van der Waals surface area contributed by atoms with E-state index in [9.17, 15) is 0 Å². The van der Waals surface area contributed by atoms with E-state index < -0.39 is 8.80 Å². The Labute approximate surface area is 166 Å². The van der Waals surface area contributed by atoms with E-state index in [2.05, 4.69) is 97.9 Å². The minimum Gasteiger partial charge on any atom is -0.371 e. The van der Waals surface area contributed by atoms with Crippen LogP contribution in [0.1, 0.15) is 61.0 Å². The molecular weight excluding hydrogens is 352 g/mol. The first-order chi connectivity index (χ1) is 12.5. The van der Waals surface area contributed by atoms with Gasteiger partial charge in [-0.2, -0.15) is 0 Å². The van der Waals surface area contributed by atoms with Gasteiger partial charge in [0.05, 0.1) is 5.60 Å². The van der Waals surface area contributed by atoms with Gasteiger partial charge >= 0.3 is 8.80 Å². The standard InChI is InChI=1S/C23H36O3Si/c1-17(2)23(7,8)26-27(24-18(3)4,25-19(5)6)16-21-14-11-13-20-12-9-10-15-22(20)21/h9-15,17-19H,16H2,1-8H3. The zero-order chi connectivity index (χ0) is 20.2. The van der Waals surface area contributed by atoms with Crippen LogP contribution in [0.25, 0.3) is 10.8 Å². The maximum atomic E-state index is 6.76. The second kappa shape index (κ2) is 8.87. The molecule has 2 aromatic rings. The molecule has 0 N–H and O–H groups in total. The maximum absolute atomic E-state index is 6.76. The third-order valence-corrected chi connectivity index (χ3v) is 8.24. The molecule has 2 rings (SSSR count). The van der Waals surface area contributed by atoms with E-state index in [4.69, 9.17) is 13.3 Å². The number of fused-ring (bicyclic) bond motifs is 1. The van der Waals surface area contributed by atoms with Crippen molar-refractivity contribution in [2.75, 3.05) is 0 Å². The number of hydrogen-bond donors (Lipinski definition) is 0. The predicted molar refractivity (Wildman–Crippen MR) is 116 cm³/mol. The molecule has 4 heteroatoms. The van der Waals surface area contributed by atoms with Crippen molar-refractivity contribution in [3.8, 4) is 0 Å². The molecule has 0 aliphatic rings. The van der Waals surface area contributed by atoms with Gasteiger partial charge in [-0.25, -0.2) is 0 Å². The Bertz CT molecular complexity index is 722. The van der Waals surface area contributed by atoms with Gasteiger partial charge in [0.15, 0.2) is 0 Å². The normalized spacial score (nSPS) is 13.3. The average Bonchev–Trinajstić information content (AvgIpc) is 2.53. The van der Waals surface area contributed by atoms with Crippen LogP contribution in [-0.4, -0.2) is 26.6 Å². The monoisotopic (exact) mass is 388 g/mol. The molecule has 0 saturated heterocycles. The lowest BCUT2D eigenvalue weighted by Gasteiger charge is -2.41. The molecule has 0 aromatic heterocycles. The summed E-state index contributed by atoms with van der Waals surface area (Å²) >= 11 is 0. The maximum Gasteiger partial charge on any atom is 0.506 e. The highest BCUT2D eigenvalue weighted by Gasteiger charge is 2.48. The van der Waals surface area contributed by atoms with Crippen LogP contribution < -0.4 is 0 Å². The van der Waals surface area contributed by atoms with Gasteiger partial charge in [0.1, 0.15) is 0 Å². The molecule has 0 aliphatic carbocycles. The summed E-state index contributed by atoms with van der Waals surface area (Å²) in [5.74, 6) is 0.350. The number of rotatable bonds is 9. The van der Waals surface area contributed by atoms with E-state index in [0.29, 0.717) is 12.0 Å². The van der Waals surface area contributed by atoms with Gasteiger partial charge in [-0.15, -0.1) is 0 Å². The SMILES string of the molecule is CC(C)O[Si](Cc1cccc2ccccc12)(OC(C)C)OC(C)(C)C(C)C. The van der Waals surface area contributed by atoms with Crippen LogP contribution in [-0.2, 0) is 19.3 Å². The van der Waals surface area contributed by atoms with Gasteiger partial charge < -0.3 is 13.3 Å². The van der Waals surface area contributed by atoms with Gasteiger partial charge in [0.25, 0.3) is 0 Å². The molecule has 3 nitrogen and oxygen atoms in total. The fraction of sp³-hybridized carbons (Fsp3) is 0.565. The van der Waals surface area contributed by atoms with E-state index in [1.807, 2.05) is 0 Å². The van der Waals surface area contributed by atoms with Gasteiger partial charge in [0.2, 0.25) is 0 Å². The van der Waals surface area contributed by atoms with Crippen molar-refractivity contribution < 1.29 is 13.3 Å². The van der Waals surface area contributed by atoms with Crippen LogP contribution in [0.4, 0.5) is 0 Å². The highest BCUT2D eigenvalue weighted by Crippen LogP contribution is 2.32. The zero-order valence-electron chi connectivity index (χ0n) is 18.2. The molecule has 27 heavy (non-hydrogen) atoms. The Hall–Kier alpha value is -1.20. The molecule has 0 amide bonds. The van der Waals surface area contributed by atoms with E-state index >= 15 is 0 Å². The molecule has 2 aromatic carbocycles.